The number of hydrogen-bond donors (Lipinski definition) is 0. The highest BCUT2D eigenvalue weighted by atomic mass is 16.5. The van der Waals surface area contributed by atoms with Crippen molar-refractivity contribution in [1.82, 2.24) is 24.5 Å². The first-order chi connectivity index (χ1) is 12.1. The maximum absolute atomic E-state index is 13.3. The van der Waals surface area contributed by atoms with Gasteiger partial charge in [0, 0.05) is 25.1 Å². The fourth-order valence-electron chi connectivity index (χ4n) is 3.09. The van der Waals surface area contributed by atoms with Crippen molar-refractivity contribution in [3.8, 4) is 11.7 Å². The maximum atomic E-state index is 13.3. The first-order valence-electron chi connectivity index (χ1n) is 8.02. The summed E-state index contributed by atoms with van der Waals surface area (Å²) in [7, 11) is 1.80. The minimum atomic E-state index is -0.133. The van der Waals surface area contributed by atoms with Crippen LogP contribution >= 0.6 is 0 Å². The molecule has 8 nitrogen and oxygen atoms in total. The van der Waals surface area contributed by atoms with E-state index in [4.69, 9.17) is 4.74 Å². The predicted molar refractivity (Wildman–Crippen MR) is 91.2 cm³/mol. The van der Waals surface area contributed by atoms with Gasteiger partial charge in [-0.25, -0.2) is 14.3 Å². The first kappa shape index (κ1) is 15.4. The van der Waals surface area contributed by atoms with Gasteiger partial charge in [0.05, 0.1) is 12.2 Å². The number of anilines is 1. The Morgan fingerprint density at radius 1 is 1.28 bits per heavy atom. The van der Waals surface area contributed by atoms with E-state index in [1.54, 1.807) is 33.7 Å². The first-order valence-corrected chi connectivity index (χ1v) is 8.02. The molecule has 0 saturated carbocycles. The van der Waals surface area contributed by atoms with Gasteiger partial charge in [-0.05, 0) is 32.0 Å². The average molecular weight is 338 g/mol. The van der Waals surface area contributed by atoms with E-state index in [-0.39, 0.29) is 5.91 Å². The zero-order chi connectivity index (χ0) is 17.6. The number of nitrogens with zero attached hydrogens (tertiary/aromatic N) is 6. The van der Waals surface area contributed by atoms with Crippen LogP contribution in [0.3, 0.4) is 0 Å². The number of hydrogen-bond acceptors (Lipinski definition) is 5. The van der Waals surface area contributed by atoms with Gasteiger partial charge in [-0.3, -0.25) is 9.69 Å². The summed E-state index contributed by atoms with van der Waals surface area (Å²) in [4.78, 5) is 19.4. The van der Waals surface area contributed by atoms with E-state index in [1.165, 1.54) is 0 Å². The summed E-state index contributed by atoms with van der Waals surface area (Å²) in [5, 5.41) is 8.67. The quantitative estimate of drug-likeness (QED) is 0.710. The van der Waals surface area contributed by atoms with Crippen LogP contribution in [0.2, 0.25) is 0 Å². The fraction of sp³-hybridized carbons (Fsp3) is 0.294. The molecular weight excluding hydrogens is 320 g/mol. The minimum Gasteiger partial charge on any atom is -0.474 e. The summed E-state index contributed by atoms with van der Waals surface area (Å²) >= 11 is 0. The lowest BCUT2D eigenvalue weighted by Gasteiger charge is -2.29. The molecule has 0 unspecified atom stereocenters. The van der Waals surface area contributed by atoms with Gasteiger partial charge in [0.2, 0.25) is 5.88 Å². The number of carbonyl (C=O) groups is 1. The van der Waals surface area contributed by atoms with Gasteiger partial charge in [-0.2, -0.15) is 10.2 Å². The van der Waals surface area contributed by atoms with E-state index in [2.05, 4.69) is 15.2 Å². The van der Waals surface area contributed by atoms with Gasteiger partial charge >= 0.3 is 0 Å². The van der Waals surface area contributed by atoms with Gasteiger partial charge < -0.3 is 4.74 Å². The number of rotatable bonds is 2. The summed E-state index contributed by atoms with van der Waals surface area (Å²) in [5.41, 5.74) is 2.71. The molecule has 3 aromatic rings. The van der Waals surface area contributed by atoms with Gasteiger partial charge in [0.1, 0.15) is 17.9 Å². The molecule has 0 atom stereocenters. The predicted octanol–water partition coefficient (Wildman–Crippen LogP) is 1.66. The van der Waals surface area contributed by atoms with Crippen molar-refractivity contribution < 1.29 is 9.53 Å². The minimum absolute atomic E-state index is 0.133. The lowest BCUT2D eigenvalue weighted by Crippen LogP contribution is -2.39. The van der Waals surface area contributed by atoms with Gasteiger partial charge in [-0.15, -0.1) is 0 Å². The molecule has 0 bridgehead atoms. The summed E-state index contributed by atoms with van der Waals surface area (Å²) < 4.78 is 8.94. The average Bonchev–Trinajstić information content (AvgIpc) is 3.20. The number of pyridine rings is 1. The van der Waals surface area contributed by atoms with Crippen molar-refractivity contribution in [3.05, 3.63) is 47.5 Å². The number of carbonyl (C=O) groups excluding carboxylic acids is 1. The summed E-state index contributed by atoms with van der Waals surface area (Å²) in [6, 6.07) is 5.56. The topological polar surface area (TPSA) is 78.1 Å². The number of fused-ring (bicyclic) bond motifs is 1. The number of ether oxygens (including phenoxy) is 1. The van der Waals surface area contributed by atoms with Crippen LogP contribution in [0.15, 0.2) is 30.6 Å². The third kappa shape index (κ3) is 2.46. The molecule has 1 aliphatic rings. The molecule has 0 fully saturated rings. The summed E-state index contributed by atoms with van der Waals surface area (Å²) in [6.45, 7) is 4.59. The Morgan fingerprint density at radius 2 is 2.12 bits per heavy atom. The van der Waals surface area contributed by atoms with Crippen LogP contribution in [0.1, 0.15) is 21.7 Å². The maximum Gasteiger partial charge on any atom is 0.264 e. The Morgan fingerprint density at radius 3 is 2.88 bits per heavy atom. The van der Waals surface area contributed by atoms with Crippen LogP contribution in [0, 0.1) is 13.8 Å². The molecule has 1 amide bonds. The molecule has 25 heavy (non-hydrogen) atoms. The molecule has 0 radical (unpaired) electrons. The Bertz CT molecular complexity index is 944. The monoisotopic (exact) mass is 338 g/mol. The molecule has 0 saturated heterocycles. The van der Waals surface area contributed by atoms with Crippen LogP contribution in [-0.2, 0) is 7.05 Å². The van der Waals surface area contributed by atoms with E-state index in [9.17, 15) is 4.79 Å². The van der Waals surface area contributed by atoms with Crippen molar-refractivity contribution in [1.29, 1.82) is 0 Å². The molecule has 1 aliphatic heterocycles. The van der Waals surface area contributed by atoms with Crippen molar-refractivity contribution >= 4 is 11.6 Å². The lowest BCUT2D eigenvalue weighted by atomic mass is 10.1. The third-order valence-electron chi connectivity index (χ3n) is 4.20. The Hall–Kier alpha value is -3.16. The second-order valence-electron chi connectivity index (χ2n) is 5.94. The van der Waals surface area contributed by atoms with E-state index in [0.29, 0.717) is 41.8 Å². The highest BCUT2D eigenvalue weighted by Gasteiger charge is 2.31. The SMILES string of the molecule is Cc1ccc2c(n1)OCCN2C(=O)c1c(C)nn(C)c1-n1cccn1. The standard InChI is InChI=1S/C17H18N6O2/c1-11-5-6-13-15(19-11)25-10-9-22(13)17(24)14-12(2)20-21(3)16(14)23-8-4-7-18-23/h4-8H,9-10H2,1-3H3. The van der Waals surface area contributed by atoms with Crippen molar-refractivity contribution in [2.75, 3.05) is 18.1 Å². The lowest BCUT2D eigenvalue weighted by molar-refractivity contribution is 0.0974. The largest absolute Gasteiger partial charge is 0.474 e. The van der Waals surface area contributed by atoms with E-state index < -0.39 is 0 Å². The fourth-order valence-corrected chi connectivity index (χ4v) is 3.09. The van der Waals surface area contributed by atoms with Gasteiger partial charge in [-0.1, -0.05) is 0 Å². The molecule has 0 aromatic carbocycles. The molecule has 128 valence electrons. The van der Waals surface area contributed by atoms with E-state index >= 15 is 0 Å². The van der Waals surface area contributed by atoms with Crippen LogP contribution in [0.4, 0.5) is 5.69 Å². The third-order valence-corrected chi connectivity index (χ3v) is 4.20. The van der Waals surface area contributed by atoms with E-state index in [0.717, 1.165) is 5.69 Å². The normalized spacial score (nSPS) is 13.5. The van der Waals surface area contributed by atoms with Crippen LogP contribution < -0.4 is 9.64 Å². The molecule has 4 rings (SSSR count). The summed E-state index contributed by atoms with van der Waals surface area (Å²) in [5.74, 6) is 0.994. The summed E-state index contributed by atoms with van der Waals surface area (Å²) in [6.07, 6.45) is 3.47. The Labute approximate surface area is 144 Å². The number of aryl methyl sites for hydroxylation is 3. The van der Waals surface area contributed by atoms with Crippen molar-refractivity contribution in [2.45, 2.75) is 13.8 Å². The van der Waals surface area contributed by atoms with Crippen LogP contribution in [-0.4, -0.2) is 43.6 Å². The number of aromatic nitrogens is 5. The smallest absolute Gasteiger partial charge is 0.264 e. The van der Waals surface area contributed by atoms with Crippen LogP contribution in [0.25, 0.3) is 5.82 Å². The zero-order valence-electron chi connectivity index (χ0n) is 14.3. The molecular formula is C17H18N6O2. The number of amides is 1. The molecule has 0 N–H and O–H groups in total. The molecule has 0 spiro atoms. The second kappa shape index (κ2) is 5.73. The highest BCUT2D eigenvalue weighted by Crippen LogP contribution is 2.32. The van der Waals surface area contributed by atoms with E-state index in [1.807, 2.05) is 32.0 Å². The van der Waals surface area contributed by atoms with Crippen LogP contribution in [0.5, 0.6) is 5.88 Å². The molecule has 8 heteroatoms. The highest BCUT2D eigenvalue weighted by molar-refractivity contribution is 6.09. The van der Waals surface area contributed by atoms with Crippen molar-refractivity contribution in [3.63, 3.8) is 0 Å². The van der Waals surface area contributed by atoms with Gasteiger partial charge in [0.25, 0.3) is 5.91 Å². The molecule has 4 heterocycles. The van der Waals surface area contributed by atoms with Gasteiger partial charge in [0.15, 0.2) is 5.82 Å². The zero-order valence-corrected chi connectivity index (χ0v) is 14.3. The Kier molecular flexibility index (Phi) is 3.52. The van der Waals surface area contributed by atoms with Crippen molar-refractivity contribution in [2.24, 2.45) is 7.05 Å². The molecule has 0 aliphatic carbocycles. The second-order valence-corrected chi connectivity index (χ2v) is 5.94. The molecule has 3 aromatic heterocycles. The Balaban J connectivity index is 1.82.